The highest BCUT2D eigenvalue weighted by molar-refractivity contribution is 6.02. The highest BCUT2D eigenvalue weighted by atomic mass is 16.5. The molecule has 182 valence electrons. The van der Waals surface area contributed by atoms with Crippen LogP contribution in [0.25, 0.3) is 0 Å². The Morgan fingerprint density at radius 1 is 1.09 bits per heavy atom. The average molecular weight is 469 g/mol. The van der Waals surface area contributed by atoms with E-state index in [4.69, 9.17) is 9.26 Å². The van der Waals surface area contributed by atoms with Crippen molar-refractivity contribution >= 4 is 23.5 Å². The van der Waals surface area contributed by atoms with Crippen LogP contribution in [0.5, 0.6) is 0 Å². The third-order valence-electron chi connectivity index (χ3n) is 8.41. The fourth-order valence-electron chi connectivity index (χ4n) is 6.94. The van der Waals surface area contributed by atoms with E-state index in [0.717, 1.165) is 51.4 Å². The molecule has 2 N–H and O–H groups in total. The summed E-state index contributed by atoms with van der Waals surface area (Å²) in [6.07, 6.45) is 12.4. The molecule has 0 aromatic carbocycles. The van der Waals surface area contributed by atoms with Gasteiger partial charge in [-0.25, -0.2) is 0 Å². The molecule has 34 heavy (non-hydrogen) atoms. The second-order valence-corrected chi connectivity index (χ2v) is 10.5. The number of aromatic nitrogens is 1. The molecular formula is C25H32N4O5. The zero-order chi connectivity index (χ0) is 23.4. The van der Waals surface area contributed by atoms with Crippen molar-refractivity contribution < 1.29 is 23.6 Å². The number of hydrogen-bond donors (Lipinski definition) is 2. The molecule has 0 radical (unpaired) electrons. The van der Waals surface area contributed by atoms with E-state index in [1.54, 1.807) is 17.9 Å². The molecule has 6 rings (SSSR count). The maximum absolute atomic E-state index is 14.0. The minimum atomic E-state index is -1.11. The van der Waals surface area contributed by atoms with Crippen molar-refractivity contribution in [3.63, 3.8) is 0 Å². The average Bonchev–Trinajstić information content (AvgIpc) is 3.63. The summed E-state index contributed by atoms with van der Waals surface area (Å²) >= 11 is 0. The quantitative estimate of drug-likeness (QED) is 0.642. The molecule has 2 bridgehead atoms. The number of aryl methyl sites for hydroxylation is 1. The molecular weight excluding hydrogens is 436 g/mol. The first-order chi connectivity index (χ1) is 16.5. The summed E-state index contributed by atoms with van der Waals surface area (Å²) in [6.45, 7) is 1.75. The number of likely N-dealkylation sites (tertiary alicyclic amines) is 1. The maximum atomic E-state index is 14.0. The zero-order valence-electron chi connectivity index (χ0n) is 19.5. The first-order valence-electron chi connectivity index (χ1n) is 12.7. The molecule has 4 fully saturated rings. The number of nitrogens with zero attached hydrogens (tertiary/aromatic N) is 2. The van der Waals surface area contributed by atoms with Crippen molar-refractivity contribution in [1.29, 1.82) is 0 Å². The third-order valence-corrected chi connectivity index (χ3v) is 8.41. The molecule has 3 aliphatic heterocycles. The van der Waals surface area contributed by atoms with Gasteiger partial charge in [-0.2, -0.15) is 0 Å². The van der Waals surface area contributed by atoms with E-state index in [9.17, 15) is 14.4 Å². The van der Waals surface area contributed by atoms with E-state index >= 15 is 0 Å². The Bertz CT molecular complexity index is 1020. The lowest BCUT2D eigenvalue weighted by molar-refractivity contribution is -0.144. The first-order valence-corrected chi connectivity index (χ1v) is 12.7. The Hall–Kier alpha value is -2.68. The Balaban J connectivity index is 1.32. The summed E-state index contributed by atoms with van der Waals surface area (Å²) in [5.74, 6) is -1.16. The smallest absolute Gasteiger partial charge is 0.246 e. The molecule has 5 aliphatic rings. The maximum Gasteiger partial charge on any atom is 0.246 e. The van der Waals surface area contributed by atoms with E-state index in [-0.39, 0.29) is 29.8 Å². The molecule has 1 aromatic rings. The predicted molar refractivity (Wildman–Crippen MR) is 121 cm³/mol. The second kappa shape index (κ2) is 8.22. The van der Waals surface area contributed by atoms with E-state index < -0.39 is 29.6 Å². The van der Waals surface area contributed by atoms with Gasteiger partial charge in [-0.05, 0) is 32.6 Å². The van der Waals surface area contributed by atoms with Gasteiger partial charge in [-0.3, -0.25) is 14.4 Å². The van der Waals surface area contributed by atoms with Crippen LogP contribution in [0.1, 0.15) is 63.5 Å². The standard InChI is InChI=1S/C25H32N4O5/c1-14-13-18(28-34-14)27-22(30)19-17-11-12-25(33-17)20(19)24(32)29(16-9-5-6-10-16)21(25)23(31)26-15-7-3-2-4-8-15/h11-13,15-17,19-21H,2-10H2,1H3,(H,26,31)(H,27,28,30)/t17-,19-,20+,21-,25+/m1/s1. The number of hydrogen-bond acceptors (Lipinski definition) is 6. The number of carbonyl (C=O) groups excluding carboxylic acids is 3. The normalized spacial score (nSPS) is 35.2. The van der Waals surface area contributed by atoms with Gasteiger partial charge in [0.15, 0.2) is 5.82 Å². The highest BCUT2D eigenvalue weighted by Crippen LogP contribution is 2.56. The number of amides is 3. The van der Waals surface area contributed by atoms with Gasteiger partial charge in [-0.1, -0.05) is 49.4 Å². The van der Waals surface area contributed by atoms with Crippen molar-refractivity contribution in [3.8, 4) is 0 Å². The number of carbonyl (C=O) groups is 3. The molecule has 2 saturated carbocycles. The van der Waals surface area contributed by atoms with Crippen molar-refractivity contribution in [2.45, 2.75) is 94.5 Å². The largest absolute Gasteiger partial charge is 0.360 e. The SMILES string of the molecule is Cc1cc(NC(=O)[C@H]2[C@H]3C(=O)N(C4CCCC4)[C@H](C(=O)NC4CCCCC4)[C@]34C=C[C@H]2O4)no1. The lowest BCUT2D eigenvalue weighted by atomic mass is 9.74. The van der Waals surface area contributed by atoms with Crippen LogP contribution >= 0.6 is 0 Å². The first kappa shape index (κ1) is 21.8. The lowest BCUT2D eigenvalue weighted by Gasteiger charge is -2.36. The number of anilines is 1. The molecule has 9 heteroatoms. The molecule has 2 saturated heterocycles. The van der Waals surface area contributed by atoms with Gasteiger partial charge >= 0.3 is 0 Å². The van der Waals surface area contributed by atoms with Gasteiger partial charge in [0.1, 0.15) is 17.4 Å². The van der Waals surface area contributed by atoms with Crippen LogP contribution in [0.15, 0.2) is 22.7 Å². The fourth-order valence-corrected chi connectivity index (χ4v) is 6.94. The van der Waals surface area contributed by atoms with E-state index in [1.165, 1.54) is 6.42 Å². The topological polar surface area (TPSA) is 114 Å². The number of rotatable bonds is 5. The molecule has 4 heterocycles. The monoisotopic (exact) mass is 468 g/mol. The predicted octanol–water partition coefficient (Wildman–Crippen LogP) is 2.46. The summed E-state index contributed by atoms with van der Waals surface area (Å²) in [6, 6.07) is 1.03. The molecule has 9 nitrogen and oxygen atoms in total. The van der Waals surface area contributed by atoms with Crippen LogP contribution in [-0.2, 0) is 19.1 Å². The lowest BCUT2D eigenvalue weighted by Crippen LogP contribution is -2.58. The second-order valence-electron chi connectivity index (χ2n) is 10.5. The minimum Gasteiger partial charge on any atom is -0.360 e. The molecule has 5 atom stereocenters. The van der Waals surface area contributed by atoms with Crippen LogP contribution in [0, 0.1) is 18.8 Å². The fraction of sp³-hybridized carbons (Fsp3) is 0.680. The number of fused-ring (bicyclic) bond motifs is 1. The Kier molecular flexibility index (Phi) is 5.28. The third kappa shape index (κ3) is 3.31. The van der Waals surface area contributed by atoms with E-state index in [1.807, 2.05) is 12.2 Å². The van der Waals surface area contributed by atoms with Crippen LogP contribution in [0.2, 0.25) is 0 Å². The van der Waals surface area contributed by atoms with Gasteiger partial charge in [0.05, 0.1) is 17.9 Å². The molecule has 0 unspecified atom stereocenters. The molecule has 3 amide bonds. The molecule has 1 spiro atoms. The van der Waals surface area contributed by atoms with Crippen LogP contribution in [-0.4, -0.2) is 57.6 Å². The summed E-state index contributed by atoms with van der Waals surface area (Å²) in [4.78, 5) is 42.9. The molecule has 1 aromatic heterocycles. The van der Waals surface area contributed by atoms with E-state index in [2.05, 4.69) is 15.8 Å². The molecule has 2 aliphatic carbocycles. The van der Waals surface area contributed by atoms with E-state index in [0.29, 0.717) is 11.6 Å². The Morgan fingerprint density at radius 3 is 2.53 bits per heavy atom. The summed E-state index contributed by atoms with van der Waals surface area (Å²) in [7, 11) is 0. The van der Waals surface area contributed by atoms with Gasteiger partial charge in [0.25, 0.3) is 0 Å². The van der Waals surface area contributed by atoms with Crippen molar-refractivity contribution in [1.82, 2.24) is 15.4 Å². The Labute approximate surface area is 198 Å². The van der Waals surface area contributed by atoms with Crippen LogP contribution < -0.4 is 10.6 Å². The number of nitrogens with one attached hydrogen (secondary N) is 2. The van der Waals surface area contributed by atoms with Gasteiger partial charge in [0.2, 0.25) is 17.7 Å². The van der Waals surface area contributed by atoms with Crippen LogP contribution in [0.3, 0.4) is 0 Å². The summed E-state index contributed by atoms with van der Waals surface area (Å²) in [5, 5.41) is 9.88. The van der Waals surface area contributed by atoms with Gasteiger partial charge in [0, 0.05) is 18.2 Å². The van der Waals surface area contributed by atoms with Crippen molar-refractivity contribution in [3.05, 3.63) is 24.0 Å². The summed E-state index contributed by atoms with van der Waals surface area (Å²) in [5.41, 5.74) is -1.11. The Morgan fingerprint density at radius 2 is 1.82 bits per heavy atom. The zero-order valence-corrected chi connectivity index (χ0v) is 19.5. The van der Waals surface area contributed by atoms with Crippen LogP contribution in [0.4, 0.5) is 5.82 Å². The van der Waals surface area contributed by atoms with Gasteiger partial charge < -0.3 is 24.8 Å². The summed E-state index contributed by atoms with van der Waals surface area (Å²) < 4.78 is 11.5. The van der Waals surface area contributed by atoms with Crippen molar-refractivity contribution in [2.24, 2.45) is 11.8 Å². The minimum absolute atomic E-state index is 0.00697. The van der Waals surface area contributed by atoms with Gasteiger partial charge in [-0.15, -0.1) is 0 Å². The van der Waals surface area contributed by atoms with Crippen molar-refractivity contribution in [2.75, 3.05) is 5.32 Å². The number of ether oxygens (including phenoxy) is 1. The highest BCUT2D eigenvalue weighted by Gasteiger charge is 2.73.